The van der Waals surface area contributed by atoms with E-state index in [0.29, 0.717) is 6.42 Å². The first kappa shape index (κ1) is 16.0. The summed E-state index contributed by atoms with van der Waals surface area (Å²) in [5, 5.41) is 3.36. The van der Waals surface area contributed by atoms with Crippen molar-refractivity contribution in [3.63, 3.8) is 0 Å². The second kappa shape index (κ2) is 8.15. The molecule has 0 unspecified atom stereocenters. The van der Waals surface area contributed by atoms with Crippen molar-refractivity contribution in [2.75, 3.05) is 40.3 Å². The molecule has 0 atom stereocenters. The Labute approximate surface area is 128 Å². The normalized spacial score (nSPS) is 14.3. The predicted molar refractivity (Wildman–Crippen MR) is 86.2 cm³/mol. The maximum atomic E-state index is 12.2. The lowest BCUT2D eigenvalue weighted by Crippen LogP contribution is -2.37. The zero-order chi connectivity index (χ0) is 15.1. The number of carbonyl (C=O) groups excluding carboxylic acids is 1. The summed E-state index contributed by atoms with van der Waals surface area (Å²) in [5.41, 5.74) is 2.69. The van der Waals surface area contributed by atoms with Crippen LogP contribution in [-0.4, -0.2) is 56.0 Å². The van der Waals surface area contributed by atoms with Crippen LogP contribution in [0.2, 0.25) is 0 Å². The maximum Gasteiger partial charge on any atom is 0.224 e. The summed E-state index contributed by atoms with van der Waals surface area (Å²) in [6.45, 7) is 4.48. The van der Waals surface area contributed by atoms with Crippen molar-refractivity contribution in [2.24, 2.45) is 0 Å². The number of hydrogen-bond acceptors (Lipinski definition) is 3. The molecule has 0 radical (unpaired) electrons. The van der Waals surface area contributed by atoms with Gasteiger partial charge in [0.25, 0.3) is 0 Å². The Morgan fingerprint density at radius 1 is 1.24 bits per heavy atom. The van der Waals surface area contributed by atoms with E-state index in [4.69, 9.17) is 0 Å². The van der Waals surface area contributed by atoms with Gasteiger partial charge in [0.15, 0.2) is 0 Å². The van der Waals surface area contributed by atoms with Gasteiger partial charge in [-0.15, -0.1) is 0 Å². The number of hydrogen-bond donors (Lipinski definition) is 1. The molecule has 4 heteroatoms. The maximum absolute atomic E-state index is 12.2. The quantitative estimate of drug-likeness (QED) is 0.773. The van der Waals surface area contributed by atoms with E-state index in [-0.39, 0.29) is 5.91 Å². The number of carbonyl (C=O) groups is 1. The van der Waals surface area contributed by atoms with Crippen molar-refractivity contribution < 1.29 is 4.79 Å². The lowest BCUT2D eigenvalue weighted by Gasteiger charge is -2.29. The van der Waals surface area contributed by atoms with E-state index >= 15 is 0 Å². The van der Waals surface area contributed by atoms with E-state index in [2.05, 4.69) is 48.6 Å². The highest BCUT2D eigenvalue weighted by atomic mass is 16.2. The molecule has 0 saturated heterocycles. The number of rotatable bonds is 7. The first-order chi connectivity index (χ1) is 10.2. The summed E-state index contributed by atoms with van der Waals surface area (Å²) < 4.78 is 0. The molecule has 1 aromatic rings. The van der Waals surface area contributed by atoms with Gasteiger partial charge in [0.2, 0.25) is 5.91 Å². The Morgan fingerprint density at radius 2 is 2.00 bits per heavy atom. The van der Waals surface area contributed by atoms with Crippen molar-refractivity contribution >= 4 is 5.91 Å². The Bertz CT molecular complexity index is 459. The fraction of sp³-hybridized carbons (Fsp3) is 0.588. The molecule has 21 heavy (non-hydrogen) atoms. The SMILES string of the molecule is CN(C)CCCNCCC(=O)N1CCc2ccccc2C1. The van der Waals surface area contributed by atoms with Crippen LogP contribution in [0.1, 0.15) is 24.0 Å². The Balaban J connectivity index is 1.66. The van der Waals surface area contributed by atoms with E-state index in [1.165, 1.54) is 11.1 Å². The molecule has 116 valence electrons. The van der Waals surface area contributed by atoms with Crippen molar-refractivity contribution in [3.8, 4) is 0 Å². The number of benzene rings is 1. The fourth-order valence-electron chi connectivity index (χ4n) is 2.71. The minimum absolute atomic E-state index is 0.268. The largest absolute Gasteiger partial charge is 0.338 e. The van der Waals surface area contributed by atoms with Crippen LogP contribution in [0.5, 0.6) is 0 Å². The van der Waals surface area contributed by atoms with Crippen molar-refractivity contribution in [2.45, 2.75) is 25.8 Å². The second-order valence-electron chi connectivity index (χ2n) is 5.99. The average molecular weight is 289 g/mol. The third-order valence-electron chi connectivity index (χ3n) is 3.96. The number of nitrogens with zero attached hydrogens (tertiary/aromatic N) is 2. The standard InChI is InChI=1S/C17H27N3O/c1-19(2)12-5-10-18-11-8-17(21)20-13-9-15-6-3-4-7-16(15)14-20/h3-4,6-7,18H,5,8-14H2,1-2H3. The van der Waals surface area contributed by atoms with Gasteiger partial charge >= 0.3 is 0 Å². The second-order valence-corrected chi connectivity index (χ2v) is 5.99. The first-order valence-corrected chi connectivity index (χ1v) is 7.87. The van der Waals surface area contributed by atoms with Gasteiger partial charge in [-0.25, -0.2) is 0 Å². The molecule has 0 fully saturated rings. The molecule has 0 spiro atoms. The average Bonchev–Trinajstić information content (AvgIpc) is 2.49. The van der Waals surface area contributed by atoms with Crippen LogP contribution in [-0.2, 0) is 17.8 Å². The summed E-state index contributed by atoms with van der Waals surface area (Å²) in [4.78, 5) is 16.4. The van der Waals surface area contributed by atoms with Gasteiger partial charge in [0.05, 0.1) is 0 Å². The molecule has 1 aromatic carbocycles. The van der Waals surface area contributed by atoms with Gasteiger partial charge in [0, 0.05) is 26.1 Å². The van der Waals surface area contributed by atoms with E-state index in [1.54, 1.807) is 0 Å². The number of nitrogens with one attached hydrogen (secondary N) is 1. The van der Waals surface area contributed by atoms with Crippen molar-refractivity contribution in [3.05, 3.63) is 35.4 Å². The van der Waals surface area contributed by atoms with Gasteiger partial charge in [-0.05, 0) is 51.2 Å². The lowest BCUT2D eigenvalue weighted by atomic mass is 10.00. The van der Waals surface area contributed by atoms with E-state index in [1.807, 2.05) is 4.90 Å². The Hall–Kier alpha value is -1.39. The van der Waals surface area contributed by atoms with E-state index in [0.717, 1.165) is 45.6 Å². The van der Waals surface area contributed by atoms with Gasteiger partial charge in [-0.1, -0.05) is 24.3 Å². The van der Waals surface area contributed by atoms with Gasteiger partial charge < -0.3 is 15.1 Å². The molecule has 0 aliphatic carbocycles. The summed E-state index contributed by atoms with van der Waals surface area (Å²) in [6.07, 6.45) is 2.71. The third kappa shape index (κ3) is 5.14. The van der Waals surface area contributed by atoms with Crippen LogP contribution >= 0.6 is 0 Å². The molecule has 1 amide bonds. The molecule has 1 aliphatic rings. The highest BCUT2D eigenvalue weighted by Crippen LogP contribution is 2.18. The molecule has 1 aliphatic heterocycles. The molecule has 1 N–H and O–H groups in total. The molecular formula is C17H27N3O. The summed E-state index contributed by atoms with van der Waals surface area (Å²) >= 11 is 0. The lowest BCUT2D eigenvalue weighted by molar-refractivity contribution is -0.132. The number of fused-ring (bicyclic) bond motifs is 1. The molecule has 0 aromatic heterocycles. The first-order valence-electron chi connectivity index (χ1n) is 7.87. The zero-order valence-electron chi connectivity index (χ0n) is 13.3. The smallest absolute Gasteiger partial charge is 0.224 e. The van der Waals surface area contributed by atoms with Gasteiger partial charge in [0.1, 0.15) is 0 Å². The van der Waals surface area contributed by atoms with Crippen LogP contribution in [0, 0.1) is 0 Å². The van der Waals surface area contributed by atoms with Gasteiger partial charge in [-0.2, -0.15) is 0 Å². The zero-order valence-corrected chi connectivity index (χ0v) is 13.3. The van der Waals surface area contributed by atoms with Crippen LogP contribution in [0.4, 0.5) is 0 Å². The Morgan fingerprint density at radius 3 is 2.76 bits per heavy atom. The topological polar surface area (TPSA) is 35.6 Å². The molecule has 2 rings (SSSR count). The fourth-order valence-corrected chi connectivity index (χ4v) is 2.71. The Kier molecular flexibility index (Phi) is 6.21. The molecule has 4 nitrogen and oxygen atoms in total. The van der Waals surface area contributed by atoms with Crippen LogP contribution < -0.4 is 5.32 Å². The van der Waals surface area contributed by atoms with Crippen LogP contribution in [0.15, 0.2) is 24.3 Å². The van der Waals surface area contributed by atoms with Gasteiger partial charge in [-0.3, -0.25) is 4.79 Å². The van der Waals surface area contributed by atoms with Crippen LogP contribution in [0.25, 0.3) is 0 Å². The monoisotopic (exact) mass is 289 g/mol. The van der Waals surface area contributed by atoms with E-state index < -0.39 is 0 Å². The third-order valence-corrected chi connectivity index (χ3v) is 3.96. The summed E-state index contributed by atoms with van der Waals surface area (Å²) in [6, 6.07) is 8.44. The van der Waals surface area contributed by atoms with Crippen LogP contribution in [0.3, 0.4) is 0 Å². The van der Waals surface area contributed by atoms with Crippen molar-refractivity contribution in [1.82, 2.24) is 15.1 Å². The van der Waals surface area contributed by atoms with Crippen molar-refractivity contribution in [1.29, 1.82) is 0 Å². The molecule has 1 heterocycles. The molecular weight excluding hydrogens is 262 g/mol. The predicted octanol–water partition coefficient (Wildman–Crippen LogP) is 1.50. The van der Waals surface area contributed by atoms with E-state index in [9.17, 15) is 4.79 Å². The molecule has 0 saturated carbocycles. The highest BCUT2D eigenvalue weighted by molar-refractivity contribution is 5.76. The summed E-state index contributed by atoms with van der Waals surface area (Å²) in [5.74, 6) is 0.268. The molecule has 0 bridgehead atoms. The summed E-state index contributed by atoms with van der Waals surface area (Å²) in [7, 11) is 4.16. The minimum Gasteiger partial charge on any atom is -0.338 e. The minimum atomic E-state index is 0.268. The number of amides is 1. The highest BCUT2D eigenvalue weighted by Gasteiger charge is 2.19.